The standard InChI is InChI=1S/C11H12N2O4S.C5H12/c1-18-7-6-10(16)13(11(7)17)5-4-12-8(14)2-3-9(12)15;1-5(2,3)4/h2-3,7H,4-6H2,1H3;1-4H3. The summed E-state index contributed by atoms with van der Waals surface area (Å²) in [4.78, 5) is 48.1. The van der Waals surface area contributed by atoms with E-state index >= 15 is 0 Å². The lowest BCUT2D eigenvalue weighted by Crippen LogP contribution is -2.41. The van der Waals surface area contributed by atoms with Crippen molar-refractivity contribution in [2.24, 2.45) is 5.41 Å². The molecule has 0 aliphatic carbocycles. The van der Waals surface area contributed by atoms with Crippen LogP contribution in [0.25, 0.3) is 0 Å². The van der Waals surface area contributed by atoms with Gasteiger partial charge in [0.1, 0.15) is 0 Å². The molecule has 7 heteroatoms. The molecule has 0 aromatic carbocycles. The van der Waals surface area contributed by atoms with E-state index in [9.17, 15) is 19.2 Å². The summed E-state index contributed by atoms with van der Waals surface area (Å²) in [5, 5.41) is -0.333. The predicted molar refractivity (Wildman–Crippen MR) is 89.6 cm³/mol. The molecular weight excluding hydrogens is 316 g/mol. The molecule has 0 aromatic rings. The van der Waals surface area contributed by atoms with Crippen molar-refractivity contribution in [1.29, 1.82) is 0 Å². The van der Waals surface area contributed by atoms with Gasteiger partial charge >= 0.3 is 0 Å². The van der Waals surface area contributed by atoms with Gasteiger partial charge in [-0.1, -0.05) is 27.7 Å². The van der Waals surface area contributed by atoms with Gasteiger partial charge in [0.25, 0.3) is 11.8 Å². The van der Waals surface area contributed by atoms with Crippen LogP contribution in [0.3, 0.4) is 0 Å². The first-order valence-corrected chi connectivity index (χ1v) is 8.74. The van der Waals surface area contributed by atoms with Gasteiger partial charge in [0, 0.05) is 31.7 Å². The summed E-state index contributed by atoms with van der Waals surface area (Å²) in [6.45, 7) is 8.89. The molecule has 0 radical (unpaired) electrons. The highest BCUT2D eigenvalue weighted by molar-refractivity contribution is 8.00. The van der Waals surface area contributed by atoms with Crippen molar-refractivity contribution < 1.29 is 19.2 Å². The molecule has 1 unspecified atom stereocenters. The lowest BCUT2D eigenvalue weighted by molar-refractivity contribution is -0.142. The number of carbonyl (C=O) groups excluding carboxylic acids is 4. The normalized spacial score (nSPS) is 21.2. The molecular formula is C16H24N2O4S. The van der Waals surface area contributed by atoms with Crippen molar-refractivity contribution in [2.45, 2.75) is 39.4 Å². The Morgan fingerprint density at radius 3 is 1.83 bits per heavy atom. The highest BCUT2D eigenvalue weighted by Gasteiger charge is 2.38. The van der Waals surface area contributed by atoms with Crippen LogP contribution in [-0.4, -0.2) is 58.0 Å². The number of imide groups is 2. The number of amides is 4. The number of hydrogen-bond donors (Lipinski definition) is 0. The zero-order valence-corrected chi connectivity index (χ0v) is 15.1. The van der Waals surface area contributed by atoms with Gasteiger partial charge < -0.3 is 0 Å². The zero-order chi connectivity index (χ0) is 17.8. The summed E-state index contributed by atoms with van der Waals surface area (Å²) in [5.74, 6) is -1.29. The molecule has 128 valence electrons. The molecule has 2 aliphatic heterocycles. The molecule has 0 aromatic heterocycles. The fourth-order valence-corrected chi connectivity index (χ4v) is 2.56. The van der Waals surface area contributed by atoms with E-state index in [1.807, 2.05) is 0 Å². The van der Waals surface area contributed by atoms with E-state index in [0.717, 1.165) is 9.80 Å². The Morgan fingerprint density at radius 2 is 1.43 bits per heavy atom. The Kier molecular flexibility index (Phi) is 6.56. The summed E-state index contributed by atoms with van der Waals surface area (Å²) in [7, 11) is 0. The Morgan fingerprint density at radius 1 is 1.00 bits per heavy atom. The Labute approximate surface area is 141 Å². The van der Waals surface area contributed by atoms with Crippen molar-refractivity contribution >= 4 is 35.4 Å². The molecule has 0 saturated carbocycles. The van der Waals surface area contributed by atoms with Gasteiger partial charge in [-0.25, -0.2) is 0 Å². The monoisotopic (exact) mass is 340 g/mol. The molecule has 4 amide bonds. The van der Waals surface area contributed by atoms with E-state index in [0.29, 0.717) is 5.41 Å². The van der Waals surface area contributed by atoms with Crippen LogP contribution in [0.4, 0.5) is 0 Å². The minimum Gasteiger partial charge on any atom is -0.280 e. The van der Waals surface area contributed by atoms with E-state index < -0.39 is 11.8 Å². The van der Waals surface area contributed by atoms with Gasteiger partial charge in [0.2, 0.25) is 11.8 Å². The first kappa shape index (κ1) is 19.4. The number of rotatable bonds is 4. The van der Waals surface area contributed by atoms with Crippen molar-refractivity contribution in [3.63, 3.8) is 0 Å². The average molecular weight is 340 g/mol. The van der Waals surface area contributed by atoms with Crippen LogP contribution in [0, 0.1) is 5.41 Å². The molecule has 1 saturated heterocycles. The van der Waals surface area contributed by atoms with Gasteiger partial charge in [-0.15, -0.1) is 0 Å². The maximum absolute atomic E-state index is 11.8. The molecule has 0 bridgehead atoms. The minimum atomic E-state index is -0.402. The zero-order valence-electron chi connectivity index (χ0n) is 14.3. The van der Waals surface area contributed by atoms with E-state index in [-0.39, 0.29) is 36.6 Å². The SMILES string of the molecule is CC(C)(C)C.CSC1CC(=O)N(CCN2C(=O)C=CC2=O)C1=O. The van der Waals surface area contributed by atoms with E-state index in [2.05, 4.69) is 27.7 Å². The quantitative estimate of drug-likeness (QED) is 0.724. The van der Waals surface area contributed by atoms with Crippen molar-refractivity contribution in [1.82, 2.24) is 9.80 Å². The summed E-state index contributed by atoms with van der Waals surface area (Å²) < 4.78 is 0. The van der Waals surface area contributed by atoms with Gasteiger partial charge in [-0.2, -0.15) is 11.8 Å². The fourth-order valence-electron chi connectivity index (χ4n) is 1.92. The van der Waals surface area contributed by atoms with Crippen LogP contribution in [0.1, 0.15) is 34.1 Å². The highest BCUT2D eigenvalue weighted by Crippen LogP contribution is 2.22. The third kappa shape index (κ3) is 5.82. The molecule has 0 spiro atoms. The van der Waals surface area contributed by atoms with E-state index in [1.165, 1.54) is 23.9 Å². The van der Waals surface area contributed by atoms with Crippen molar-refractivity contribution in [3.8, 4) is 0 Å². The average Bonchev–Trinajstić information content (AvgIpc) is 2.87. The summed E-state index contributed by atoms with van der Waals surface area (Å²) in [6.07, 6.45) is 4.33. The van der Waals surface area contributed by atoms with Gasteiger partial charge in [-0.3, -0.25) is 29.0 Å². The fraction of sp³-hybridized carbons (Fsp3) is 0.625. The largest absolute Gasteiger partial charge is 0.280 e. The lowest BCUT2D eigenvalue weighted by Gasteiger charge is -2.19. The molecule has 2 rings (SSSR count). The predicted octanol–water partition coefficient (Wildman–Crippen LogP) is 1.45. The number of nitrogens with zero attached hydrogens (tertiary/aromatic N) is 2. The number of likely N-dealkylation sites (tertiary alicyclic amines) is 1. The third-order valence-corrected chi connectivity index (χ3v) is 3.87. The summed E-state index contributed by atoms with van der Waals surface area (Å²) in [6, 6.07) is 0. The molecule has 2 heterocycles. The minimum absolute atomic E-state index is 0.0588. The van der Waals surface area contributed by atoms with Crippen molar-refractivity contribution in [2.75, 3.05) is 19.3 Å². The molecule has 2 aliphatic rings. The summed E-state index contributed by atoms with van der Waals surface area (Å²) in [5.41, 5.74) is 0.500. The molecule has 0 N–H and O–H groups in total. The Hall–Kier alpha value is -1.63. The van der Waals surface area contributed by atoms with Gasteiger partial charge in [-0.05, 0) is 11.7 Å². The second kappa shape index (κ2) is 7.77. The van der Waals surface area contributed by atoms with Gasteiger partial charge in [0.15, 0.2) is 0 Å². The van der Waals surface area contributed by atoms with Crippen LogP contribution in [-0.2, 0) is 19.2 Å². The maximum Gasteiger partial charge on any atom is 0.253 e. The summed E-state index contributed by atoms with van der Waals surface area (Å²) >= 11 is 1.34. The van der Waals surface area contributed by atoms with Crippen LogP contribution >= 0.6 is 11.8 Å². The third-order valence-electron chi connectivity index (χ3n) is 2.93. The highest BCUT2D eigenvalue weighted by atomic mass is 32.2. The second-order valence-corrected chi connectivity index (χ2v) is 8.01. The first-order valence-electron chi connectivity index (χ1n) is 7.45. The molecule has 1 fully saturated rings. The van der Waals surface area contributed by atoms with E-state index in [4.69, 9.17) is 0 Å². The number of thioether (sulfide) groups is 1. The lowest BCUT2D eigenvalue weighted by atomic mass is 10.0. The van der Waals surface area contributed by atoms with Crippen molar-refractivity contribution in [3.05, 3.63) is 12.2 Å². The van der Waals surface area contributed by atoms with Crippen LogP contribution in [0.5, 0.6) is 0 Å². The maximum atomic E-state index is 11.8. The van der Waals surface area contributed by atoms with Crippen LogP contribution < -0.4 is 0 Å². The van der Waals surface area contributed by atoms with E-state index in [1.54, 1.807) is 6.26 Å². The van der Waals surface area contributed by atoms with Gasteiger partial charge in [0.05, 0.1) is 5.25 Å². The van der Waals surface area contributed by atoms with Crippen LogP contribution in [0.2, 0.25) is 0 Å². The Bertz CT molecular complexity index is 513. The second-order valence-electron chi connectivity index (χ2n) is 6.97. The first-order chi connectivity index (χ1) is 10.5. The number of carbonyl (C=O) groups is 4. The number of hydrogen-bond acceptors (Lipinski definition) is 5. The topological polar surface area (TPSA) is 74.8 Å². The molecule has 6 nitrogen and oxygen atoms in total. The smallest absolute Gasteiger partial charge is 0.253 e. The van der Waals surface area contributed by atoms with Crippen LogP contribution in [0.15, 0.2) is 12.2 Å². The molecule has 1 atom stereocenters. The Balaban J connectivity index is 0.000000463. The molecule has 23 heavy (non-hydrogen) atoms.